The van der Waals surface area contributed by atoms with Gasteiger partial charge < -0.3 is 14.5 Å². The summed E-state index contributed by atoms with van der Waals surface area (Å²) in [7, 11) is 3.27. The Morgan fingerprint density at radius 2 is 1.68 bits per heavy atom. The zero-order valence-electron chi connectivity index (χ0n) is 24.1. The first-order valence-electron chi connectivity index (χ1n) is 13.8. The van der Waals surface area contributed by atoms with Gasteiger partial charge in [-0.2, -0.15) is 0 Å². The number of aromatic amines is 1. The summed E-state index contributed by atoms with van der Waals surface area (Å²) in [6, 6.07) is 22.4. The first-order valence-corrected chi connectivity index (χ1v) is 13.8. The first kappa shape index (κ1) is 28.0. The van der Waals surface area contributed by atoms with E-state index in [4.69, 9.17) is 9.47 Å². The lowest BCUT2D eigenvalue weighted by Crippen LogP contribution is -2.30. The molecule has 0 aliphatic rings. The molecule has 0 saturated heterocycles. The van der Waals surface area contributed by atoms with E-state index in [-0.39, 0.29) is 5.56 Å². The fraction of sp³-hybridized carbons (Fsp3) is 0.312. The molecule has 9 heteroatoms. The molecule has 3 aromatic carbocycles. The van der Waals surface area contributed by atoms with Crippen LogP contribution in [0, 0.1) is 13.8 Å². The van der Waals surface area contributed by atoms with Crippen molar-refractivity contribution in [3.05, 3.63) is 111 Å². The van der Waals surface area contributed by atoms with Gasteiger partial charge in [0.25, 0.3) is 5.56 Å². The third-order valence-electron chi connectivity index (χ3n) is 7.61. The number of tetrazole rings is 1. The van der Waals surface area contributed by atoms with Crippen molar-refractivity contribution < 1.29 is 9.47 Å². The molecule has 212 valence electrons. The van der Waals surface area contributed by atoms with Crippen LogP contribution in [-0.4, -0.2) is 50.9 Å². The SMILES string of the molecule is COc1ccc(CCN(Cc2cc3ccc(C)c(C)c3[nH]c2=O)Cc2nnnn2CCc2ccccc2)cc1OC. The van der Waals surface area contributed by atoms with E-state index >= 15 is 0 Å². The molecule has 5 aromatic rings. The van der Waals surface area contributed by atoms with Crippen LogP contribution in [0.4, 0.5) is 0 Å². The van der Waals surface area contributed by atoms with Crippen molar-refractivity contribution in [3.8, 4) is 11.5 Å². The van der Waals surface area contributed by atoms with E-state index in [2.05, 4.69) is 56.6 Å². The van der Waals surface area contributed by atoms with E-state index in [0.29, 0.717) is 43.2 Å². The van der Waals surface area contributed by atoms with Crippen molar-refractivity contribution >= 4 is 10.9 Å². The second-order valence-corrected chi connectivity index (χ2v) is 10.3. The van der Waals surface area contributed by atoms with Crippen molar-refractivity contribution in [2.45, 2.75) is 46.3 Å². The van der Waals surface area contributed by atoms with Gasteiger partial charge in [-0.1, -0.05) is 48.5 Å². The number of aromatic nitrogens is 5. The molecule has 0 saturated carbocycles. The molecule has 0 aliphatic heterocycles. The lowest BCUT2D eigenvalue weighted by Gasteiger charge is -2.22. The van der Waals surface area contributed by atoms with E-state index in [1.54, 1.807) is 14.2 Å². The van der Waals surface area contributed by atoms with Crippen LogP contribution >= 0.6 is 0 Å². The Morgan fingerprint density at radius 3 is 2.46 bits per heavy atom. The second-order valence-electron chi connectivity index (χ2n) is 10.3. The molecule has 2 aromatic heterocycles. The van der Waals surface area contributed by atoms with Crippen LogP contribution < -0.4 is 15.0 Å². The molecule has 0 aliphatic carbocycles. The highest BCUT2D eigenvalue weighted by molar-refractivity contribution is 5.83. The maximum atomic E-state index is 13.2. The molecule has 1 N–H and O–H groups in total. The minimum atomic E-state index is -0.0778. The Kier molecular flexibility index (Phi) is 8.74. The second kappa shape index (κ2) is 12.8. The monoisotopic (exact) mass is 552 g/mol. The molecule has 0 atom stereocenters. The Morgan fingerprint density at radius 1 is 0.878 bits per heavy atom. The van der Waals surface area contributed by atoms with Crippen LogP contribution in [0.5, 0.6) is 11.5 Å². The smallest absolute Gasteiger partial charge is 0.252 e. The summed E-state index contributed by atoms with van der Waals surface area (Å²) in [6.45, 7) is 6.41. The topological polar surface area (TPSA) is 98.2 Å². The molecule has 0 unspecified atom stereocenters. The number of pyridine rings is 1. The van der Waals surface area contributed by atoms with Crippen LogP contribution in [-0.2, 0) is 32.5 Å². The van der Waals surface area contributed by atoms with Crippen molar-refractivity contribution in [1.82, 2.24) is 30.1 Å². The lowest BCUT2D eigenvalue weighted by atomic mass is 10.0. The molecule has 0 radical (unpaired) electrons. The number of hydrogen-bond donors (Lipinski definition) is 1. The van der Waals surface area contributed by atoms with Gasteiger partial charge in [-0.05, 0) is 83.0 Å². The molecule has 9 nitrogen and oxygen atoms in total. The van der Waals surface area contributed by atoms with Crippen LogP contribution in [0.1, 0.15) is 33.6 Å². The summed E-state index contributed by atoms with van der Waals surface area (Å²) < 4.78 is 12.8. The summed E-state index contributed by atoms with van der Waals surface area (Å²) in [4.78, 5) is 18.6. The van der Waals surface area contributed by atoms with Crippen molar-refractivity contribution in [2.75, 3.05) is 20.8 Å². The molecule has 5 rings (SSSR count). The molecule has 0 spiro atoms. The highest BCUT2D eigenvalue weighted by Crippen LogP contribution is 2.28. The van der Waals surface area contributed by atoms with Gasteiger partial charge in [0, 0.05) is 25.2 Å². The average molecular weight is 553 g/mol. The minimum Gasteiger partial charge on any atom is -0.493 e. The van der Waals surface area contributed by atoms with E-state index in [1.807, 2.05) is 54.1 Å². The Balaban J connectivity index is 1.40. The molecular formula is C32H36N6O3. The van der Waals surface area contributed by atoms with Gasteiger partial charge in [0.1, 0.15) is 0 Å². The van der Waals surface area contributed by atoms with Crippen LogP contribution in [0.25, 0.3) is 10.9 Å². The number of ether oxygens (including phenoxy) is 2. The number of benzene rings is 3. The third-order valence-corrected chi connectivity index (χ3v) is 7.61. The number of H-pyrrole nitrogens is 1. The zero-order valence-corrected chi connectivity index (χ0v) is 24.1. The van der Waals surface area contributed by atoms with Gasteiger partial charge in [0.05, 0.1) is 26.3 Å². The maximum Gasteiger partial charge on any atom is 0.252 e. The molecule has 41 heavy (non-hydrogen) atoms. The number of aryl methyl sites for hydroxylation is 4. The standard InChI is InChI=1S/C32H36N6O3/c1-22-10-12-26-19-27(32(39)33-31(26)23(22)2)20-37(16-14-25-11-13-28(40-3)29(18-25)41-4)21-30-34-35-36-38(30)17-15-24-8-6-5-7-9-24/h5-13,18-19H,14-17,20-21H2,1-4H3,(H,33,39). The third kappa shape index (κ3) is 6.63. The van der Waals surface area contributed by atoms with Crippen molar-refractivity contribution in [2.24, 2.45) is 0 Å². The summed E-state index contributed by atoms with van der Waals surface area (Å²) in [5, 5.41) is 13.6. The van der Waals surface area contributed by atoms with Gasteiger partial charge >= 0.3 is 0 Å². The van der Waals surface area contributed by atoms with Gasteiger partial charge in [0.15, 0.2) is 17.3 Å². The van der Waals surface area contributed by atoms with Crippen LogP contribution in [0.2, 0.25) is 0 Å². The average Bonchev–Trinajstić information content (AvgIpc) is 3.44. The molecular weight excluding hydrogens is 516 g/mol. The quantitative estimate of drug-likeness (QED) is 0.241. The van der Waals surface area contributed by atoms with Crippen LogP contribution in [0.15, 0.2) is 71.5 Å². The predicted molar refractivity (Wildman–Crippen MR) is 159 cm³/mol. The number of rotatable bonds is 12. The van der Waals surface area contributed by atoms with E-state index in [1.165, 1.54) is 5.56 Å². The van der Waals surface area contributed by atoms with Gasteiger partial charge in [-0.3, -0.25) is 9.69 Å². The minimum absolute atomic E-state index is 0.0778. The van der Waals surface area contributed by atoms with Gasteiger partial charge in [-0.15, -0.1) is 5.10 Å². The van der Waals surface area contributed by atoms with Crippen LogP contribution in [0.3, 0.4) is 0 Å². The zero-order chi connectivity index (χ0) is 28.8. The van der Waals surface area contributed by atoms with E-state index < -0.39 is 0 Å². The predicted octanol–water partition coefficient (Wildman–Crippen LogP) is 4.64. The largest absolute Gasteiger partial charge is 0.493 e. The highest BCUT2D eigenvalue weighted by Gasteiger charge is 2.17. The number of methoxy groups -OCH3 is 2. The molecule has 2 heterocycles. The molecule has 0 fully saturated rings. The van der Waals surface area contributed by atoms with Crippen molar-refractivity contribution in [1.29, 1.82) is 0 Å². The fourth-order valence-electron chi connectivity index (χ4n) is 5.06. The van der Waals surface area contributed by atoms with Gasteiger partial charge in [-0.25, -0.2) is 4.68 Å². The summed E-state index contributed by atoms with van der Waals surface area (Å²) in [6.07, 6.45) is 1.57. The number of nitrogens with zero attached hydrogens (tertiary/aromatic N) is 5. The number of hydrogen-bond acceptors (Lipinski definition) is 7. The lowest BCUT2D eigenvalue weighted by molar-refractivity contribution is 0.247. The summed E-state index contributed by atoms with van der Waals surface area (Å²) >= 11 is 0. The fourth-order valence-corrected chi connectivity index (χ4v) is 5.06. The summed E-state index contributed by atoms with van der Waals surface area (Å²) in [5.41, 5.74) is 6.10. The Hall–Kier alpha value is -4.50. The van der Waals surface area contributed by atoms with E-state index in [0.717, 1.165) is 46.3 Å². The Labute approximate surface area is 239 Å². The number of nitrogens with one attached hydrogen (secondary N) is 1. The van der Waals surface area contributed by atoms with Crippen molar-refractivity contribution in [3.63, 3.8) is 0 Å². The normalized spacial score (nSPS) is 11.3. The summed E-state index contributed by atoms with van der Waals surface area (Å²) in [5.74, 6) is 2.15. The Bertz CT molecular complexity index is 1680. The number of fused-ring (bicyclic) bond motifs is 1. The molecule has 0 amide bonds. The molecule has 0 bridgehead atoms. The maximum absolute atomic E-state index is 13.2. The first-order chi connectivity index (χ1) is 19.9. The highest BCUT2D eigenvalue weighted by atomic mass is 16.5. The van der Waals surface area contributed by atoms with Gasteiger partial charge in [0.2, 0.25) is 0 Å². The van der Waals surface area contributed by atoms with E-state index in [9.17, 15) is 4.79 Å².